The second-order valence-corrected chi connectivity index (χ2v) is 8.71. The van der Waals surface area contributed by atoms with E-state index in [9.17, 15) is 5.26 Å². The highest BCUT2D eigenvalue weighted by molar-refractivity contribution is 5.80. The van der Waals surface area contributed by atoms with Crippen molar-refractivity contribution in [3.05, 3.63) is 76.9 Å². The summed E-state index contributed by atoms with van der Waals surface area (Å²) in [5, 5.41) is 17.1. The lowest BCUT2D eigenvalue weighted by molar-refractivity contribution is 0.403. The first-order valence-corrected chi connectivity index (χ1v) is 11.3. The van der Waals surface area contributed by atoms with Gasteiger partial charge in [-0.3, -0.25) is 4.98 Å². The van der Waals surface area contributed by atoms with Crippen molar-refractivity contribution in [1.29, 1.82) is 5.26 Å². The summed E-state index contributed by atoms with van der Waals surface area (Å²) >= 11 is 0. The summed E-state index contributed by atoms with van der Waals surface area (Å²) in [5.74, 6) is 1.56. The van der Waals surface area contributed by atoms with Crippen molar-refractivity contribution in [2.45, 2.75) is 33.9 Å². The summed E-state index contributed by atoms with van der Waals surface area (Å²) in [6.45, 7) is 7.09. The maximum atomic E-state index is 9.36. The molecule has 0 aliphatic rings. The van der Waals surface area contributed by atoms with Gasteiger partial charge in [-0.05, 0) is 70.3 Å². The van der Waals surface area contributed by atoms with E-state index in [2.05, 4.69) is 31.4 Å². The van der Waals surface area contributed by atoms with Crippen LogP contribution in [-0.4, -0.2) is 48.7 Å². The molecule has 0 radical (unpaired) electrons. The van der Waals surface area contributed by atoms with E-state index in [4.69, 9.17) is 9.97 Å². The van der Waals surface area contributed by atoms with Gasteiger partial charge in [-0.2, -0.15) is 10.4 Å². The molecule has 0 saturated carbocycles. The molecule has 178 valence electrons. The molecular weight excluding hydrogens is 438 g/mol. The number of aromatic amines is 1. The summed E-state index contributed by atoms with van der Waals surface area (Å²) in [7, 11) is 4.04. The third-order valence-corrected chi connectivity index (χ3v) is 5.51. The Morgan fingerprint density at radius 1 is 1.20 bits per heavy atom. The van der Waals surface area contributed by atoms with Gasteiger partial charge in [0.2, 0.25) is 0 Å². The highest BCUT2D eigenvalue weighted by Crippen LogP contribution is 2.27. The number of allylic oxidation sites excluding steroid dienone is 1. The molecule has 0 spiro atoms. The third kappa shape index (κ3) is 5.62. The lowest BCUT2D eigenvalue weighted by atomic mass is 10.1. The fourth-order valence-corrected chi connectivity index (χ4v) is 3.81. The normalized spacial score (nSPS) is 11.6. The number of hydrogen-bond donors (Lipinski definition) is 2. The van der Waals surface area contributed by atoms with Crippen molar-refractivity contribution in [3.8, 4) is 17.5 Å². The fourth-order valence-electron chi connectivity index (χ4n) is 3.81. The fraction of sp³-hybridized carbons (Fsp3) is 0.269. The van der Waals surface area contributed by atoms with Crippen LogP contribution in [0.3, 0.4) is 0 Å². The van der Waals surface area contributed by atoms with Gasteiger partial charge in [0.05, 0.1) is 35.3 Å². The summed E-state index contributed by atoms with van der Waals surface area (Å²) in [6.07, 6.45) is 3.45. The second-order valence-electron chi connectivity index (χ2n) is 8.71. The molecule has 3 aromatic heterocycles. The average Bonchev–Trinajstić information content (AvgIpc) is 3.44. The van der Waals surface area contributed by atoms with Crippen LogP contribution in [0.15, 0.2) is 42.7 Å². The van der Waals surface area contributed by atoms with Crippen LogP contribution in [0.4, 0.5) is 5.69 Å². The number of pyridine rings is 1. The van der Waals surface area contributed by atoms with Gasteiger partial charge in [0.15, 0.2) is 0 Å². The number of anilines is 1. The Hall–Kier alpha value is -4.29. The molecule has 0 unspecified atom stereocenters. The average molecular weight is 468 g/mol. The Morgan fingerprint density at radius 3 is 2.71 bits per heavy atom. The number of aromatic nitrogens is 6. The van der Waals surface area contributed by atoms with Crippen LogP contribution < -0.4 is 5.32 Å². The number of imidazole rings is 1. The molecule has 0 aliphatic heterocycles. The molecule has 0 amide bonds. The maximum Gasteiger partial charge on any atom is 0.138 e. The second kappa shape index (κ2) is 10.3. The molecule has 9 nitrogen and oxygen atoms in total. The Bertz CT molecular complexity index is 1400. The molecule has 1 aromatic carbocycles. The lowest BCUT2D eigenvalue weighted by Gasteiger charge is -2.15. The first-order valence-electron chi connectivity index (χ1n) is 11.3. The summed E-state index contributed by atoms with van der Waals surface area (Å²) in [6, 6.07) is 13.9. The van der Waals surface area contributed by atoms with Gasteiger partial charge in [-0.15, -0.1) is 0 Å². The Balaban J connectivity index is 1.69. The molecule has 9 heteroatoms. The number of nitrogens with zero attached hydrogens (tertiary/aromatic N) is 7. The molecule has 0 saturated heterocycles. The van der Waals surface area contributed by atoms with Crippen LogP contribution in [0.5, 0.6) is 0 Å². The number of rotatable bonds is 8. The largest absolute Gasteiger partial charge is 0.378 e. The van der Waals surface area contributed by atoms with Gasteiger partial charge in [-0.25, -0.2) is 14.6 Å². The van der Waals surface area contributed by atoms with Gasteiger partial charge in [0.1, 0.15) is 18.0 Å². The molecular formula is C26H29N9. The third-order valence-electron chi connectivity index (χ3n) is 5.51. The van der Waals surface area contributed by atoms with Crippen LogP contribution in [0.25, 0.3) is 23.2 Å². The molecule has 0 bridgehead atoms. The minimum absolute atomic E-state index is 0.462. The van der Waals surface area contributed by atoms with E-state index < -0.39 is 0 Å². The van der Waals surface area contributed by atoms with Crippen LogP contribution in [0.1, 0.15) is 41.1 Å². The van der Waals surface area contributed by atoms with E-state index in [-0.39, 0.29) is 0 Å². The minimum atomic E-state index is 0.462. The van der Waals surface area contributed by atoms with Gasteiger partial charge < -0.3 is 15.2 Å². The summed E-state index contributed by atoms with van der Waals surface area (Å²) in [4.78, 5) is 19.4. The van der Waals surface area contributed by atoms with Crippen LogP contribution >= 0.6 is 0 Å². The van der Waals surface area contributed by atoms with Crippen molar-refractivity contribution >= 4 is 17.5 Å². The SMILES string of the molecule is C/C(=C\n1ncnc1C)c1nc(CNc2cc(C#N)ccc2CN(C)C)[nH]c1-c1cccc(C)n1. The zero-order valence-electron chi connectivity index (χ0n) is 20.7. The van der Waals surface area contributed by atoms with E-state index in [0.29, 0.717) is 12.1 Å². The van der Waals surface area contributed by atoms with E-state index >= 15 is 0 Å². The molecule has 0 atom stereocenters. The Labute approximate surface area is 205 Å². The van der Waals surface area contributed by atoms with E-state index in [1.165, 1.54) is 6.33 Å². The van der Waals surface area contributed by atoms with Crippen LogP contribution in [0.2, 0.25) is 0 Å². The van der Waals surface area contributed by atoms with Crippen molar-refractivity contribution in [3.63, 3.8) is 0 Å². The Kier molecular flexibility index (Phi) is 7.03. The van der Waals surface area contributed by atoms with Gasteiger partial charge in [-0.1, -0.05) is 12.1 Å². The van der Waals surface area contributed by atoms with E-state index in [0.717, 1.165) is 57.8 Å². The molecule has 0 aliphatic carbocycles. The zero-order chi connectivity index (χ0) is 24.9. The van der Waals surface area contributed by atoms with Gasteiger partial charge in [0.25, 0.3) is 0 Å². The molecule has 3 heterocycles. The van der Waals surface area contributed by atoms with Crippen molar-refractivity contribution in [2.24, 2.45) is 0 Å². The number of H-pyrrole nitrogens is 1. The van der Waals surface area contributed by atoms with Crippen LogP contribution in [0, 0.1) is 25.2 Å². The standard InChI is InChI=1S/C26H29N9/c1-17(14-35-19(3)29-16-30-35)25-26(22-8-6-7-18(2)31-22)33-24(32-25)13-28-23-11-20(12-27)9-10-21(23)15-34(4)5/h6-11,14,16,28H,13,15H2,1-5H3,(H,32,33)/b17-14+. The summed E-state index contributed by atoms with van der Waals surface area (Å²) < 4.78 is 1.73. The lowest BCUT2D eigenvalue weighted by Crippen LogP contribution is -2.13. The number of aryl methyl sites for hydroxylation is 2. The molecule has 35 heavy (non-hydrogen) atoms. The quantitative estimate of drug-likeness (QED) is 0.399. The van der Waals surface area contributed by atoms with Crippen molar-refractivity contribution in [2.75, 3.05) is 19.4 Å². The first-order chi connectivity index (χ1) is 16.8. The first kappa shape index (κ1) is 23.9. The van der Waals surface area contributed by atoms with E-state index in [1.807, 2.05) is 77.5 Å². The zero-order valence-corrected chi connectivity index (χ0v) is 20.7. The maximum absolute atomic E-state index is 9.36. The molecule has 0 fully saturated rings. The van der Waals surface area contributed by atoms with Crippen molar-refractivity contribution < 1.29 is 0 Å². The molecule has 2 N–H and O–H groups in total. The predicted octanol–water partition coefficient (Wildman–Crippen LogP) is 4.24. The monoisotopic (exact) mass is 467 g/mol. The van der Waals surface area contributed by atoms with Gasteiger partial charge in [0, 0.05) is 24.1 Å². The van der Waals surface area contributed by atoms with Crippen molar-refractivity contribution in [1.82, 2.24) is 34.6 Å². The highest BCUT2D eigenvalue weighted by atomic mass is 15.3. The number of nitriles is 1. The number of hydrogen-bond acceptors (Lipinski definition) is 7. The summed E-state index contributed by atoms with van der Waals surface area (Å²) in [5.41, 5.74) is 6.96. The Morgan fingerprint density at radius 2 is 2.03 bits per heavy atom. The topological polar surface area (TPSA) is 111 Å². The number of benzene rings is 1. The number of nitrogens with one attached hydrogen (secondary N) is 2. The highest BCUT2D eigenvalue weighted by Gasteiger charge is 2.16. The smallest absolute Gasteiger partial charge is 0.138 e. The van der Waals surface area contributed by atoms with Crippen LogP contribution in [-0.2, 0) is 13.1 Å². The van der Waals surface area contributed by atoms with Gasteiger partial charge >= 0.3 is 0 Å². The molecule has 4 rings (SSSR count). The minimum Gasteiger partial charge on any atom is -0.378 e. The van der Waals surface area contributed by atoms with E-state index in [1.54, 1.807) is 4.68 Å². The molecule has 4 aromatic rings. The predicted molar refractivity (Wildman–Crippen MR) is 137 cm³/mol.